The summed E-state index contributed by atoms with van der Waals surface area (Å²) in [6.45, 7) is 10.1. The Balaban J connectivity index is 1.52. The number of amides is 1. The third-order valence-corrected chi connectivity index (χ3v) is 5.43. The fraction of sp³-hybridized carbons (Fsp3) is 0.600. The van der Waals surface area contributed by atoms with E-state index in [0.717, 1.165) is 36.7 Å². The average molecular weight is 373 g/mol. The van der Waals surface area contributed by atoms with Gasteiger partial charge < -0.3 is 18.6 Å². The van der Waals surface area contributed by atoms with E-state index < -0.39 is 0 Å². The van der Waals surface area contributed by atoms with Crippen molar-refractivity contribution in [2.45, 2.75) is 39.8 Å². The molecule has 2 aliphatic heterocycles. The van der Waals surface area contributed by atoms with E-state index >= 15 is 0 Å². The number of hydrogen-bond donors (Lipinski definition) is 0. The van der Waals surface area contributed by atoms with Crippen LogP contribution in [0.1, 0.15) is 40.3 Å². The summed E-state index contributed by atoms with van der Waals surface area (Å²) in [6, 6.07) is 3.89. The molecule has 0 saturated carbocycles. The van der Waals surface area contributed by atoms with Crippen molar-refractivity contribution in [1.29, 1.82) is 0 Å². The quantitative estimate of drug-likeness (QED) is 0.820. The summed E-state index contributed by atoms with van der Waals surface area (Å²) < 4.78 is 16.9. The minimum absolute atomic E-state index is 0.0215. The van der Waals surface area contributed by atoms with Crippen molar-refractivity contribution in [3.8, 4) is 0 Å². The molecule has 0 spiro atoms. The zero-order valence-corrected chi connectivity index (χ0v) is 16.2. The molecule has 0 radical (unpaired) electrons. The smallest absolute Gasteiger partial charge is 0.257 e. The predicted octanol–water partition coefficient (Wildman–Crippen LogP) is 2.42. The number of hydrogen-bond acceptors (Lipinski definition) is 6. The van der Waals surface area contributed by atoms with Gasteiger partial charge in [-0.2, -0.15) is 0 Å². The number of fused-ring (bicyclic) bond motifs is 3. The van der Waals surface area contributed by atoms with Crippen LogP contribution in [-0.2, 0) is 17.7 Å². The number of rotatable bonds is 4. The summed E-state index contributed by atoms with van der Waals surface area (Å²) in [5, 5.41) is 4.09. The van der Waals surface area contributed by atoms with Gasteiger partial charge in [0.1, 0.15) is 11.5 Å². The van der Waals surface area contributed by atoms with Gasteiger partial charge in [-0.15, -0.1) is 0 Å². The van der Waals surface area contributed by atoms with Gasteiger partial charge in [-0.3, -0.25) is 9.69 Å². The van der Waals surface area contributed by atoms with Gasteiger partial charge in [-0.1, -0.05) is 12.1 Å². The van der Waals surface area contributed by atoms with Gasteiger partial charge in [-0.25, -0.2) is 0 Å². The maximum atomic E-state index is 13.2. The number of furan rings is 1. The van der Waals surface area contributed by atoms with Crippen LogP contribution in [0.15, 0.2) is 21.1 Å². The lowest BCUT2D eigenvalue weighted by molar-refractivity contribution is 0.0407. The number of carbonyl (C=O) groups is 1. The zero-order valence-electron chi connectivity index (χ0n) is 16.2. The molecule has 146 valence electrons. The molecule has 0 N–H and O–H groups in total. The molecule has 7 nitrogen and oxygen atoms in total. The van der Waals surface area contributed by atoms with Crippen molar-refractivity contribution in [3.05, 3.63) is 40.7 Å². The number of aryl methyl sites for hydroxylation is 3. The van der Waals surface area contributed by atoms with E-state index in [0.29, 0.717) is 37.6 Å². The normalized spacial score (nSPS) is 23.4. The minimum atomic E-state index is 0.0215. The van der Waals surface area contributed by atoms with Crippen molar-refractivity contribution >= 4 is 5.91 Å². The predicted molar refractivity (Wildman–Crippen MR) is 98.5 cm³/mol. The molecule has 2 saturated heterocycles. The molecule has 0 aliphatic carbocycles. The SMILES string of the molecule is CCc1cc(CN2C[C@@H]3COC[C@H](C2)N(C(=O)c2cc(C)oc2C)C3)on1. The summed E-state index contributed by atoms with van der Waals surface area (Å²) in [5.74, 6) is 2.65. The molecule has 2 atom stereocenters. The maximum Gasteiger partial charge on any atom is 0.257 e. The van der Waals surface area contributed by atoms with Crippen LogP contribution in [0, 0.1) is 19.8 Å². The van der Waals surface area contributed by atoms with Crippen LogP contribution in [0.3, 0.4) is 0 Å². The first kappa shape index (κ1) is 18.3. The molecule has 0 aromatic carbocycles. The van der Waals surface area contributed by atoms with Crippen molar-refractivity contribution in [2.24, 2.45) is 5.92 Å². The van der Waals surface area contributed by atoms with Crippen LogP contribution in [0.25, 0.3) is 0 Å². The van der Waals surface area contributed by atoms with E-state index in [1.165, 1.54) is 0 Å². The molecule has 2 aliphatic rings. The third kappa shape index (κ3) is 3.80. The van der Waals surface area contributed by atoms with Crippen LogP contribution in [0.5, 0.6) is 0 Å². The van der Waals surface area contributed by atoms with Gasteiger partial charge in [0.25, 0.3) is 5.91 Å². The van der Waals surface area contributed by atoms with Crippen LogP contribution in [0.4, 0.5) is 0 Å². The topological polar surface area (TPSA) is 72.0 Å². The summed E-state index contributed by atoms with van der Waals surface area (Å²) >= 11 is 0. The van der Waals surface area contributed by atoms with E-state index in [1.807, 2.05) is 30.9 Å². The fourth-order valence-corrected chi connectivity index (χ4v) is 4.13. The van der Waals surface area contributed by atoms with E-state index in [-0.39, 0.29) is 17.9 Å². The molecule has 1 amide bonds. The van der Waals surface area contributed by atoms with E-state index in [4.69, 9.17) is 13.7 Å². The molecular weight excluding hydrogens is 346 g/mol. The molecule has 2 fully saturated rings. The summed E-state index contributed by atoms with van der Waals surface area (Å²) in [4.78, 5) is 17.5. The minimum Gasteiger partial charge on any atom is -0.466 e. The summed E-state index contributed by atoms with van der Waals surface area (Å²) in [5.41, 5.74) is 1.64. The second-order valence-corrected chi connectivity index (χ2v) is 7.67. The lowest BCUT2D eigenvalue weighted by Crippen LogP contribution is -2.46. The van der Waals surface area contributed by atoms with Gasteiger partial charge in [-0.05, 0) is 26.3 Å². The number of carbonyl (C=O) groups excluding carboxylic acids is 1. The lowest BCUT2D eigenvalue weighted by Gasteiger charge is -2.30. The molecule has 27 heavy (non-hydrogen) atoms. The molecular formula is C20H27N3O4. The Morgan fingerprint density at radius 2 is 2.07 bits per heavy atom. The lowest BCUT2D eigenvalue weighted by atomic mass is 10.1. The highest BCUT2D eigenvalue weighted by atomic mass is 16.5. The van der Waals surface area contributed by atoms with Crippen molar-refractivity contribution in [2.75, 3.05) is 32.8 Å². The number of aromatic nitrogens is 1. The maximum absolute atomic E-state index is 13.2. The Bertz CT molecular complexity index is 812. The molecule has 2 aromatic heterocycles. The molecule has 4 rings (SSSR count). The van der Waals surface area contributed by atoms with Crippen LogP contribution in [0.2, 0.25) is 0 Å². The van der Waals surface area contributed by atoms with E-state index in [2.05, 4.69) is 17.0 Å². The second kappa shape index (κ2) is 7.48. The Hall–Kier alpha value is -2.12. The molecule has 4 heterocycles. The summed E-state index contributed by atoms with van der Waals surface area (Å²) in [7, 11) is 0. The van der Waals surface area contributed by atoms with Crippen molar-refractivity contribution in [1.82, 2.24) is 15.0 Å². The van der Waals surface area contributed by atoms with Gasteiger partial charge in [0.15, 0.2) is 5.76 Å². The first-order valence-electron chi connectivity index (χ1n) is 9.66. The highest BCUT2D eigenvalue weighted by Gasteiger charge is 2.37. The fourth-order valence-electron chi connectivity index (χ4n) is 4.13. The van der Waals surface area contributed by atoms with E-state index in [9.17, 15) is 4.79 Å². The van der Waals surface area contributed by atoms with E-state index in [1.54, 1.807) is 0 Å². The molecule has 7 heteroatoms. The monoisotopic (exact) mass is 373 g/mol. The van der Waals surface area contributed by atoms with Gasteiger partial charge >= 0.3 is 0 Å². The molecule has 0 unspecified atom stereocenters. The van der Waals surface area contributed by atoms with Crippen LogP contribution < -0.4 is 0 Å². The third-order valence-electron chi connectivity index (χ3n) is 5.43. The van der Waals surface area contributed by atoms with Crippen molar-refractivity contribution in [3.63, 3.8) is 0 Å². The van der Waals surface area contributed by atoms with Crippen molar-refractivity contribution < 1.29 is 18.5 Å². The summed E-state index contributed by atoms with van der Waals surface area (Å²) in [6.07, 6.45) is 0.869. The Labute approximate surface area is 159 Å². The second-order valence-electron chi connectivity index (χ2n) is 7.67. The zero-order chi connectivity index (χ0) is 19.0. The Kier molecular flexibility index (Phi) is 5.06. The average Bonchev–Trinajstić information content (AvgIpc) is 3.09. The highest BCUT2D eigenvalue weighted by Crippen LogP contribution is 2.25. The van der Waals surface area contributed by atoms with Crippen LogP contribution in [-0.4, -0.2) is 59.8 Å². The van der Waals surface area contributed by atoms with Gasteiger partial charge in [0.2, 0.25) is 0 Å². The standard InChI is InChI=1S/C20H27N3O4/c1-4-16-6-18(27-21-16)10-22-7-15-8-23(17(9-22)12-25-11-15)20(24)19-5-13(2)26-14(19)3/h5-6,15,17H,4,7-12H2,1-3H3/t15-,17-/m0/s1. The number of ether oxygens (including phenoxy) is 1. The molecule has 2 bridgehead atoms. The largest absolute Gasteiger partial charge is 0.466 e. The van der Waals surface area contributed by atoms with Gasteiger partial charge in [0, 0.05) is 31.6 Å². The van der Waals surface area contributed by atoms with Crippen LogP contribution >= 0.6 is 0 Å². The molecule has 2 aromatic rings. The number of nitrogens with zero attached hydrogens (tertiary/aromatic N) is 3. The first-order valence-corrected chi connectivity index (χ1v) is 9.66. The Morgan fingerprint density at radius 1 is 1.22 bits per heavy atom. The highest BCUT2D eigenvalue weighted by molar-refractivity contribution is 5.95. The van der Waals surface area contributed by atoms with Gasteiger partial charge in [0.05, 0.1) is 37.1 Å². The Morgan fingerprint density at radius 3 is 2.78 bits per heavy atom. The first-order chi connectivity index (χ1) is 13.0.